The SMILES string of the molecule is NC[C@]1(C(=O)O)[C@@H](c2ccc(F)cc2)[C@@H]1S(=O)(=O)c1ccccc1. The Hall–Kier alpha value is -2.25. The molecule has 2 aromatic carbocycles. The number of halogens is 1. The van der Waals surface area contributed by atoms with Gasteiger partial charge in [-0.05, 0) is 29.8 Å². The third-order valence-corrected chi connectivity index (χ3v) is 6.92. The smallest absolute Gasteiger partial charge is 0.312 e. The van der Waals surface area contributed by atoms with Crippen LogP contribution in [0.5, 0.6) is 0 Å². The molecule has 7 heteroatoms. The van der Waals surface area contributed by atoms with Gasteiger partial charge < -0.3 is 10.8 Å². The lowest BCUT2D eigenvalue weighted by molar-refractivity contribution is -0.143. The van der Waals surface area contributed by atoms with Gasteiger partial charge in [0, 0.05) is 12.5 Å². The number of carboxylic acid groups (broad SMARTS) is 1. The predicted molar refractivity (Wildman–Crippen MR) is 85.7 cm³/mol. The van der Waals surface area contributed by atoms with Crippen LogP contribution in [0.15, 0.2) is 59.5 Å². The van der Waals surface area contributed by atoms with Crippen molar-refractivity contribution in [3.63, 3.8) is 0 Å². The summed E-state index contributed by atoms with van der Waals surface area (Å²) >= 11 is 0. The maximum absolute atomic E-state index is 13.1. The lowest BCUT2D eigenvalue weighted by atomic mass is 9.99. The topological polar surface area (TPSA) is 97.5 Å². The molecule has 3 rings (SSSR count). The van der Waals surface area contributed by atoms with Crippen molar-refractivity contribution in [1.82, 2.24) is 0 Å². The molecule has 0 aliphatic heterocycles. The number of hydrogen-bond acceptors (Lipinski definition) is 4. The van der Waals surface area contributed by atoms with E-state index in [1.54, 1.807) is 18.2 Å². The average Bonchev–Trinajstić information content (AvgIpc) is 3.28. The zero-order valence-corrected chi connectivity index (χ0v) is 13.4. The highest BCUT2D eigenvalue weighted by Gasteiger charge is 2.75. The molecule has 24 heavy (non-hydrogen) atoms. The summed E-state index contributed by atoms with van der Waals surface area (Å²) in [4.78, 5) is 11.9. The van der Waals surface area contributed by atoms with E-state index in [4.69, 9.17) is 5.73 Å². The van der Waals surface area contributed by atoms with E-state index in [1.807, 2.05) is 0 Å². The summed E-state index contributed by atoms with van der Waals surface area (Å²) in [7, 11) is -3.89. The Labute approximate surface area is 138 Å². The summed E-state index contributed by atoms with van der Waals surface area (Å²) in [6.45, 7) is -0.318. The zero-order valence-electron chi connectivity index (χ0n) is 12.6. The summed E-state index contributed by atoms with van der Waals surface area (Å²) in [5.41, 5.74) is 4.52. The molecule has 3 atom stereocenters. The number of carboxylic acids is 1. The van der Waals surface area contributed by atoms with Crippen molar-refractivity contribution in [1.29, 1.82) is 0 Å². The third-order valence-electron chi connectivity index (χ3n) is 4.63. The molecule has 0 saturated heterocycles. The van der Waals surface area contributed by atoms with Crippen molar-refractivity contribution in [2.75, 3.05) is 6.54 Å². The van der Waals surface area contributed by atoms with Gasteiger partial charge in [0.2, 0.25) is 0 Å². The van der Waals surface area contributed by atoms with Gasteiger partial charge in [-0.15, -0.1) is 0 Å². The number of rotatable bonds is 5. The molecular weight excluding hydrogens is 333 g/mol. The zero-order chi connectivity index (χ0) is 17.5. The van der Waals surface area contributed by atoms with Crippen molar-refractivity contribution in [2.45, 2.75) is 16.1 Å². The minimum atomic E-state index is -3.89. The largest absolute Gasteiger partial charge is 0.481 e. The predicted octanol–water partition coefficient (Wildman–Crippen LogP) is 1.80. The van der Waals surface area contributed by atoms with E-state index >= 15 is 0 Å². The normalized spacial score (nSPS) is 26.1. The first-order valence-corrected chi connectivity index (χ1v) is 8.88. The quantitative estimate of drug-likeness (QED) is 0.858. The number of benzene rings is 2. The Kier molecular flexibility index (Phi) is 3.93. The Morgan fingerprint density at radius 3 is 2.21 bits per heavy atom. The van der Waals surface area contributed by atoms with Crippen LogP contribution in [-0.2, 0) is 14.6 Å². The van der Waals surface area contributed by atoms with Gasteiger partial charge in [0.25, 0.3) is 0 Å². The Morgan fingerprint density at radius 2 is 1.71 bits per heavy atom. The summed E-state index contributed by atoms with van der Waals surface area (Å²) in [6.07, 6.45) is 0. The number of nitrogens with two attached hydrogens (primary N) is 1. The standard InChI is InChI=1S/C17H16FNO4S/c18-12-8-6-11(7-9-12)14-15(17(14,10-19)16(20)21)24(22,23)13-4-2-1-3-5-13/h1-9,14-15H,10,19H2,(H,20,21)/t14-,15-,17-/m0/s1. The molecule has 0 heterocycles. The van der Waals surface area contributed by atoms with E-state index in [0.29, 0.717) is 5.56 Å². The van der Waals surface area contributed by atoms with Crippen LogP contribution in [0.3, 0.4) is 0 Å². The van der Waals surface area contributed by atoms with Crippen LogP contribution in [0.25, 0.3) is 0 Å². The van der Waals surface area contributed by atoms with Crippen LogP contribution < -0.4 is 5.73 Å². The molecule has 0 aromatic heterocycles. The molecule has 1 aliphatic rings. The van der Waals surface area contributed by atoms with E-state index in [1.165, 1.54) is 36.4 Å². The molecule has 1 saturated carbocycles. The molecule has 5 nitrogen and oxygen atoms in total. The number of carbonyl (C=O) groups is 1. The highest BCUT2D eigenvalue weighted by molar-refractivity contribution is 7.92. The second-order valence-corrected chi connectivity index (χ2v) is 7.93. The first-order chi connectivity index (χ1) is 11.4. The van der Waals surface area contributed by atoms with E-state index in [0.717, 1.165) is 0 Å². The Balaban J connectivity index is 2.11. The van der Waals surface area contributed by atoms with Crippen LogP contribution in [0.1, 0.15) is 11.5 Å². The molecule has 0 bridgehead atoms. The number of hydrogen-bond donors (Lipinski definition) is 2. The minimum Gasteiger partial charge on any atom is -0.481 e. The summed E-state index contributed by atoms with van der Waals surface area (Å²) in [6, 6.07) is 12.9. The fourth-order valence-electron chi connectivity index (χ4n) is 3.35. The van der Waals surface area contributed by atoms with Gasteiger partial charge in [-0.2, -0.15) is 0 Å². The van der Waals surface area contributed by atoms with Gasteiger partial charge in [-0.3, -0.25) is 4.79 Å². The van der Waals surface area contributed by atoms with E-state index in [9.17, 15) is 22.7 Å². The van der Waals surface area contributed by atoms with Crippen LogP contribution in [0.4, 0.5) is 4.39 Å². The lowest BCUT2D eigenvalue weighted by Crippen LogP contribution is -2.31. The van der Waals surface area contributed by atoms with Gasteiger partial charge in [0.15, 0.2) is 9.84 Å². The third kappa shape index (κ3) is 2.32. The summed E-state index contributed by atoms with van der Waals surface area (Å²) in [5, 5.41) is 8.47. The van der Waals surface area contributed by atoms with Gasteiger partial charge >= 0.3 is 5.97 Å². The molecule has 3 N–H and O–H groups in total. The highest BCUT2D eigenvalue weighted by atomic mass is 32.2. The van der Waals surface area contributed by atoms with E-state index in [2.05, 4.69) is 0 Å². The highest BCUT2D eigenvalue weighted by Crippen LogP contribution is 2.63. The molecule has 1 fully saturated rings. The lowest BCUT2D eigenvalue weighted by Gasteiger charge is -2.10. The van der Waals surface area contributed by atoms with Gasteiger partial charge in [0.05, 0.1) is 10.1 Å². The van der Waals surface area contributed by atoms with Crippen molar-refractivity contribution in [2.24, 2.45) is 11.1 Å². The maximum atomic E-state index is 13.1. The summed E-state index contributed by atoms with van der Waals surface area (Å²) < 4.78 is 39.0. The second-order valence-electron chi connectivity index (χ2n) is 5.86. The summed E-state index contributed by atoms with van der Waals surface area (Å²) in [5.74, 6) is -2.55. The van der Waals surface area contributed by atoms with Crippen molar-refractivity contribution >= 4 is 15.8 Å². The fraction of sp³-hybridized carbons (Fsp3) is 0.235. The molecule has 0 amide bonds. The first kappa shape index (κ1) is 16.6. The Bertz CT molecular complexity index is 867. The minimum absolute atomic E-state index is 0.0543. The molecule has 1 aliphatic carbocycles. The molecule has 2 aromatic rings. The Morgan fingerprint density at radius 1 is 1.12 bits per heavy atom. The molecule has 126 valence electrons. The number of sulfone groups is 1. The van der Waals surface area contributed by atoms with Crippen LogP contribution in [0.2, 0.25) is 0 Å². The van der Waals surface area contributed by atoms with Crippen molar-refractivity contribution < 1.29 is 22.7 Å². The van der Waals surface area contributed by atoms with Gasteiger partial charge in [0.1, 0.15) is 11.2 Å². The van der Waals surface area contributed by atoms with Crippen LogP contribution >= 0.6 is 0 Å². The maximum Gasteiger partial charge on any atom is 0.312 e. The van der Waals surface area contributed by atoms with Crippen LogP contribution in [0, 0.1) is 11.2 Å². The van der Waals surface area contributed by atoms with E-state index in [-0.39, 0.29) is 11.4 Å². The average molecular weight is 349 g/mol. The fourth-order valence-corrected chi connectivity index (χ4v) is 5.75. The van der Waals surface area contributed by atoms with E-state index < -0.39 is 38.2 Å². The van der Waals surface area contributed by atoms with Crippen LogP contribution in [-0.4, -0.2) is 31.3 Å². The molecule has 0 spiro atoms. The molecule has 0 unspecified atom stereocenters. The molecular formula is C17H16FNO4S. The van der Waals surface area contributed by atoms with Gasteiger partial charge in [-0.1, -0.05) is 30.3 Å². The second kappa shape index (κ2) is 5.68. The van der Waals surface area contributed by atoms with Crippen molar-refractivity contribution in [3.8, 4) is 0 Å². The monoisotopic (exact) mass is 349 g/mol. The van der Waals surface area contributed by atoms with Gasteiger partial charge in [-0.25, -0.2) is 12.8 Å². The number of aliphatic carboxylic acids is 1. The first-order valence-electron chi connectivity index (χ1n) is 7.33. The molecule has 0 radical (unpaired) electrons. The van der Waals surface area contributed by atoms with Crippen molar-refractivity contribution in [3.05, 3.63) is 66.0 Å².